The van der Waals surface area contributed by atoms with E-state index in [0.717, 1.165) is 36.3 Å². The summed E-state index contributed by atoms with van der Waals surface area (Å²) >= 11 is 0. The van der Waals surface area contributed by atoms with Crippen LogP contribution in [0.2, 0.25) is 0 Å². The van der Waals surface area contributed by atoms with Gasteiger partial charge in [0.25, 0.3) is 0 Å². The van der Waals surface area contributed by atoms with Crippen LogP contribution in [0.1, 0.15) is 32.1 Å². The van der Waals surface area contributed by atoms with Gasteiger partial charge in [0, 0.05) is 35.5 Å². The lowest BCUT2D eigenvalue weighted by Crippen LogP contribution is -2.11. The van der Waals surface area contributed by atoms with Crippen LogP contribution in [-0.2, 0) is 15.6 Å². The van der Waals surface area contributed by atoms with Gasteiger partial charge in [-0.05, 0) is 31.4 Å². The molecule has 0 radical (unpaired) electrons. The van der Waals surface area contributed by atoms with Gasteiger partial charge in [-0.1, -0.05) is 0 Å². The number of hydrogen-bond acceptors (Lipinski definition) is 4. The van der Waals surface area contributed by atoms with Crippen LogP contribution in [0.25, 0.3) is 0 Å². The Morgan fingerprint density at radius 3 is 2.71 bits per heavy atom. The molecule has 21 heavy (non-hydrogen) atoms. The molecule has 1 heterocycles. The molecule has 3 rings (SSSR count). The van der Waals surface area contributed by atoms with Gasteiger partial charge in [0.15, 0.2) is 11.5 Å². The predicted octanol–water partition coefficient (Wildman–Crippen LogP) is 2.71. The van der Waals surface area contributed by atoms with Crippen molar-refractivity contribution in [1.29, 1.82) is 0 Å². The molecule has 4 nitrogen and oxygen atoms in total. The molecule has 2 unspecified atom stereocenters. The minimum absolute atomic E-state index is 0.120. The van der Waals surface area contributed by atoms with Crippen LogP contribution in [0.5, 0.6) is 11.5 Å². The summed E-state index contributed by atoms with van der Waals surface area (Å²) in [6.07, 6.45) is 4.22. The standard InChI is InChI=1S/C16H20O4S/c17-14-4-1-3-12(14)7-10-21(18)13-5-6-15-16(11-13)20-9-2-8-19-15/h5-6,11-12H,1-4,7-10H2. The lowest BCUT2D eigenvalue weighted by Gasteiger charge is -2.10. The van der Waals surface area contributed by atoms with Gasteiger partial charge in [-0.15, -0.1) is 0 Å². The maximum atomic E-state index is 12.4. The highest BCUT2D eigenvalue weighted by Gasteiger charge is 2.24. The summed E-state index contributed by atoms with van der Waals surface area (Å²) in [7, 11) is -1.09. The third-order valence-corrected chi connectivity index (χ3v) is 5.45. The Morgan fingerprint density at radius 2 is 1.95 bits per heavy atom. The number of benzene rings is 1. The molecular weight excluding hydrogens is 288 g/mol. The molecule has 0 bridgehead atoms. The quantitative estimate of drug-likeness (QED) is 0.858. The van der Waals surface area contributed by atoms with E-state index in [1.54, 1.807) is 0 Å². The highest BCUT2D eigenvalue weighted by molar-refractivity contribution is 7.85. The lowest BCUT2D eigenvalue weighted by atomic mass is 10.1. The first-order valence-electron chi connectivity index (χ1n) is 7.55. The first kappa shape index (κ1) is 14.6. The molecule has 1 aliphatic carbocycles. The molecule has 1 aliphatic heterocycles. The van der Waals surface area contributed by atoms with E-state index in [2.05, 4.69) is 0 Å². The van der Waals surface area contributed by atoms with E-state index in [0.29, 0.717) is 36.9 Å². The average molecular weight is 308 g/mol. The number of ether oxygens (including phenoxy) is 2. The summed E-state index contributed by atoms with van der Waals surface area (Å²) in [5.74, 6) is 2.39. The third-order valence-electron chi connectivity index (χ3n) is 4.06. The summed E-state index contributed by atoms with van der Waals surface area (Å²) < 4.78 is 23.6. The van der Waals surface area contributed by atoms with E-state index in [-0.39, 0.29) is 5.92 Å². The van der Waals surface area contributed by atoms with E-state index >= 15 is 0 Å². The van der Waals surface area contributed by atoms with E-state index in [1.807, 2.05) is 18.2 Å². The average Bonchev–Trinajstić information content (AvgIpc) is 2.76. The largest absolute Gasteiger partial charge is 0.490 e. The molecule has 1 aromatic rings. The monoisotopic (exact) mass is 308 g/mol. The van der Waals surface area contributed by atoms with E-state index in [9.17, 15) is 9.00 Å². The number of rotatable bonds is 4. The van der Waals surface area contributed by atoms with Crippen LogP contribution in [0.15, 0.2) is 23.1 Å². The van der Waals surface area contributed by atoms with Gasteiger partial charge in [0.2, 0.25) is 0 Å². The summed E-state index contributed by atoms with van der Waals surface area (Å²) in [6.45, 7) is 1.28. The zero-order valence-electron chi connectivity index (χ0n) is 12.0. The van der Waals surface area contributed by atoms with Crippen LogP contribution >= 0.6 is 0 Å². The summed E-state index contributed by atoms with van der Waals surface area (Å²) in [6, 6.07) is 5.47. The van der Waals surface area contributed by atoms with Crippen LogP contribution in [0.4, 0.5) is 0 Å². The molecule has 2 aliphatic rings. The van der Waals surface area contributed by atoms with Crippen molar-refractivity contribution in [1.82, 2.24) is 0 Å². The van der Waals surface area contributed by atoms with Crippen molar-refractivity contribution in [3.63, 3.8) is 0 Å². The van der Waals surface area contributed by atoms with Crippen LogP contribution in [-0.4, -0.2) is 29.0 Å². The smallest absolute Gasteiger partial charge is 0.162 e. The Hall–Kier alpha value is -1.36. The molecule has 114 valence electrons. The molecule has 5 heteroatoms. The second-order valence-electron chi connectivity index (χ2n) is 5.55. The van der Waals surface area contributed by atoms with Crippen molar-refractivity contribution >= 4 is 16.6 Å². The van der Waals surface area contributed by atoms with Gasteiger partial charge in [0.05, 0.1) is 24.0 Å². The number of ketones is 1. The molecule has 1 aromatic carbocycles. The number of carbonyl (C=O) groups excluding carboxylic acids is 1. The Kier molecular flexibility index (Phi) is 4.58. The lowest BCUT2D eigenvalue weighted by molar-refractivity contribution is -0.120. The fourth-order valence-electron chi connectivity index (χ4n) is 2.85. The van der Waals surface area contributed by atoms with Gasteiger partial charge in [-0.3, -0.25) is 9.00 Å². The topological polar surface area (TPSA) is 52.6 Å². The molecule has 0 spiro atoms. The van der Waals surface area contributed by atoms with Crippen molar-refractivity contribution < 1.29 is 18.5 Å². The fraction of sp³-hybridized carbons (Fsp3) is 0.562. The molecule has 0 N–H and O–H groups in total. The molecular formula is C16H20O4S. The predicted molar refractivity (Wildman–Crippen MR) is 80.3 cm³/mol. The highest BCUT2D eigenvalue weighted by Crippen LogP contribution is 2.32. The second kappa shape index (κ2) is 6.60. The number of carbonyl (C=O) groups is 1. The highest BCUT2D eigenvalue weighted by atomic mass is 32.2. The molecule has 2 atom stereocenters. The van der Waals surface area contributed by atoms with Crippen molar-refractivity contribution in [3.05, 3.63) is 18.2 Å². The summed E-state index contributed by atoms with van der Waals surface area (Å²) in [5.41, 5.74) is 0. The van der Waals surface area contributed by atoms with Crippen LogP contribution < -0.4 is 9.47 Å². The molecule has 1 fully saturated rings. The first-order chi connectivity index (χ1) is 10.2. The Labute approximate surface area is 127 Å². The minimum Gasteiger partial charge on any atom is -0.490 e. The van der Waals surface area contributed by atoms with Gasteiger partial charge in [0.1, 0.15) is 5.78 Å². The molecule has 0 amide bonds. The second-order valence-corrected chi connectivity index (χ2v) is 7.12. The Bertz CT molecular complexity index is 555. The van der Waals surface area contributed by atoms with Crippen molar-refractivity contribution in [3.8, 4) is 11.5 Å². The van der Waals surface area contributed by atoms with Crippen molar-refractivity contribution in [2.24, 2.45) is 5.92 Å². The van der Waals surface area contributed by atoms with Crippen LogP contribution in [0, 0.1) is 5.92 Å². The van der Waals surface area contributed by atoms with Gasteiger partial charge < -0.3 is 9.47 Å². The van der Waals surface area contributed by atoms with Gasteiger partial charge >= 0.3 is 0 Å². The van der Waals surface area contributed by atoms with E-state index < -0.39 is 10.8 Å². The van der Waals surface area contributed by atoms with Gasteiger partial charge in [-0.25, -0.2) is 0 Å². The number of hydrogen-bond donors (Lipinski definition) is 0. The maximum absolute atomic E-state index is 12.4. The van der Waals surface area contributed by atoms with E-state index in [1.165, 1.54) is 0 Å². The Balaban J connectivity index is 1.64. The third kappa shape index (κ3) is 3.46. The molecule has 0 aromatic heterocycles. The normalized spacial score (nSPS) is 22.9. The number of fused-ring (bicyclic) bond motifs is 1. The van der Waals surface area contributed by atoms with Crippen molar-refractivity contribution in [2.45, 2.75) is 37.0 Å². The summed E-state index contributed by atoms with van der Waals surface area (Å²) in [5, 5.41) is 0. The maximum Gasteiger partial charge on any atom is 0.162 e. The minimum atomic E-state index is -1.09. The van der Waals surface area contributed by atoms with Crippen molar-refractivity contribution in [2.75, 3.05) is 19.0 Å². The zero-order valence-corrected chi connectivity index (χ0v) is 12.8. The number of Topliss-reactive ketones (excluding diaryl/α,β-unsaturated/α-hetero) is 1. The van der Waals surface area contributed by atoms with Crippen LogP contribution in [0.3, 0.4) is 0 Å². The molecule has 1 saturated carbocycles. The fourth-order valence-corrected chi connectivity index (χ4v) is 4.04. The van der Waals surface area contributed by atoms with E-state index in [4.69, 9.17) is 9.47 Å². The zero-order chi connectivity index (χ0) is 14.7. The Morgan fingerprint density at radius 1 is 1.14 bits per heavy atom. The molecule has 0 saturated heterocycles. The summed E-state index contributed by atoms with van der Waals surface area (Å²) in [4.78, 5) is 12.4. The van der Waals surface area contributed by atoms with Gasteiger partial charge in [-0.2, -0.15) is 0 Å². The SMILES string of the molecule is O=C1CCCC1CCS(=O)c1ccc2c(c1)OCCCO2. The first-order valence-corrected chi connectivity index (χ1v) is 8.86.